The molecule has 0 bridgehead atoms. The number of ether oxygens (including phenoxy) is 1. The second kappa shape index (κ2) is 6.45. The van der Waals surface area contributed by atoms with Crippen molar-refractivity contribution in [2.24, 2.45) is 0 Å². The van der Waals surface area contributed by atoms with Crippen LogP contribution in [0.5, 0.6) is 11.6 Å². The van der Waals surface area contributed by atoms with Crippen LogP contribution in [0.15, 0.2) is 36.4 Å². The molecule has 0 radical (unpaired) electrons. The van der Waals surface area contributed by atoms with E-state index in [1.807, 2.05) is 0 Å². The van der Waals surface area contributed by atoms with Gasteiger partial charge in [-0.25, -0.2) is 0 Å². The Balaban J connectivity index is 2.22. The standard InChI is InChI=1S/C15H11N3O4/c1-2-14(19)10-3-5-11(6-4-10)22-15-8-7-13(18(20)21)12(9-16)17-15/h3-8H,2H2,1H3. The van der Waals surface area contributed by atoms with Crippen molar-refractivity contribution in [2.75, 3.05) is 0 Å². The lowest BCUT2D eigenvalue weighted by atomic mass is 10.1. The number of aromatic nitrogens is 1. The molecule has 0 spiro atoms. The molecule has 0 atom stereocenters. The van der Waals surface area contributed by atoms with Crippen LogP contribution >= 0.6 is 0 Å². The Labute approximate surface area is 125 Å². The highest BCUT2D eigenvalue weighted by Gasteiger charge is 2.16. The number of nitriles is 1. The number of benzene rings is 1. The zero-order valence-electron chi connectivity index (χ0n) is 11.6. The van der Waals surface area contributed by atoms with Gasteiger partial charge in [-0.05, 0) is 24.3 Å². The third-order valence-electron chi connectivity index (χ3n) is 2.87. The van der Waals surface area contributed by atoms with E-state index in [1.165, 1.54) is 6.07 Å². The molecule has 1 aromatic heterocycles. The van der Waals surface area contributed by atoms with Crippen molar-refractivity contribution >= 4 is 11.5 Å². The van der Waals surface area contributed by atoms with Crippen LogP contribution in [0.2, 0.25) is 0 Å². The number of ketones is 1. The van der Waals surface area contributed by atoms with Crippen LogP contribution in [0, 0.1) is 21.4 Å². The number of nitro groups is 1. The summed E-state index contributed by atoms with van der Waals surface area (Å²) in [5.41, 5.74) is -0.122. The maximum atomic E-state index is 11.5. The SMILES string of the molecule is CCC(=O)c1ccc(Oc2ccc([N+](=O)[O-])c(C#N)n2)cc1. The van der Waals surface area contributed by atoms with E-state index in [4.69, 9.17) is 10.00 Å². The molecule has 0 saturated heterocycles. The van der Waals surface area contributed by atoms with Gasteiger partial charge < -0.3 is 4.74 Å². The molecule has 22 heavy (non-hydrogen) atoms. The van der Waals surface area contributed by atoms with E-state index in [0.29, 0.717) is 17.7 Å². The summed E-state index contributed by atoms with van der Waals surface area (Å²) in [5.74, 6) is 0.501. The van der Waals surface area contributed by atoms with E-state index in [1.54, 1.807) is 37.3 Å². The first-order valence-corrected chi connectivity index (χ1v) is 6.41. The van der Waals surface area contributed by atoms with Crippen molar-refractivity contribution in [1.82, 2.24) is 4.98 Å². The maximum Gasteiger partial charge on any atom is 0.305 e. The minimum absolute atomic E-state index is 0.0202. The molecule has 0 aliphatic carbocycles. The Hall–Kier alpha value is -3.27. The summed E-state index contributed by atoms with van der Waals surface area (Å²) in [6.07, 6.45) is 0.412. The zero-order chi connectivity index (χ0) is 16.1. The zero-order valence-corrected chi connectivity index (χ0v) is 11.6. The minimum atomic E-state index is -0.680. The fourth-order valence-electron chi connectivity index (χ4n) is 1.75. The van der Waals surface area contributed by atoms with Crippen molar-refractivity contribution < 1.29 is 14.5 Å². The van der Waals surface area contributed by atoms with Crippen LogP contribution in [-0.4, -0.2) is 15.7 Å². The average molecular weight is 297 g/mol. The van der Waals surface area contributed by atoms with E-state index < -0.39 is 4.92 Å². The Morgan fingerprint density at radius 3 is 2.55 bits per heavy atom. The lowest BCUT2D eigenvalue weighted by Gasteiger charge is -2.05. The van der Waals surface area contributed by atoms with Crippen LogP contribution in [0.4, 0.5) is 5.69 Å². The minimum Gasteiger partial charge on any atom is -0.439 e. The monoisotopic (exact) mass is 297 g/mol. The highest BCUT2D eigenvalue weighted by Crippen LogP contribution is 2.24. The summed E-state index contributed by atoms with van der Waals surface area (Å²) in [5, 5.41) is 19.6. The fourth-order valence-corrected chi connectivity index (χ4v) is 1.75. The number of hydrogen-bond donors (Lipinski definition) is 0. The Bertz CT molecular complexity index is 763. The van der Waals surface area contributed by atoms with E-state index >= 15 is 0 Å². The third-order valence-corrected chi connectivity index (χ3v) is 2.87. The predicted octanol–water partition coefficient (Wildman–Crippen LogP) is 3.25. The normalized spacial score (nSPS) is 9.82. The van der Waals surface area contributed by atoms with Gasteiger partial charge >= 0.3 is 5.69 Å². The smallest absolute Gasteiger partial charge is 0.305 e. The van der Waals surface area contributed by atoms with Crippen molar-refractivity contribution in [3.63, 3.8) is 0 Å². The van der Waals surface area contributed by atoms with Gasteiger partial charge in [-0.1, -0.05) is 6.92 Å². The molecule has 0 aliphatic rings. The van der Waals surface area contributed by atoms with E-state index in [9.17, 15) is 14.9 Å². The lowest BCUT2D eigenvalue weighted by molar-refractivity contribution is -0.385. The molecular formula is C15H11N3O4. The van der Waals surface area contributed by atoms with Gasteiger partial charge in [0, 0.05) is 24.1 Å². The Morgan fingerprint density at radius 2 is 2.00 bits per heavy atom. The third kappa shape index (κ3) is 3.24. The Morgan fingerprint density at radius 1 is 1.32 bits per heavy atom. The second-order valence-corrected chi connectivity index (χ2v) is 4.29. The molecule has 110 valence electrons. The van der Waals surface area contributed by atoms with E-state index in [2.05, 4.69) is 4.98 Å². The lowest BCUT2D eigenvalue weighted by Crippen LogP contribution is -1.98. The molecule has 7 heteroatoms. The highest BCUT2D eigenvalue weighted by molar-refractivity contribution is 5.95. The van der Waals surface area contributed by atoms with Gasteiger partial charge in [0.05, 0.1) is 4.92 Å². The fraction of sp³-hybridized carbons (Fsp3) is 0.133. The predicted molar refractivity (Wildman–Crippen MR) is 76.7 cm³/mol. The van der Waals surface area contributed by atoms with E-state index in [-0.39, 0.29) is 23.0 Å². The molecule has 0 saturated carbocycles. The summed E-state index contributed by atoms with van der Waals surface area (Å²) in [4.78, 5) is 25.3. The average Bonchev–Trinajstić information content (AvgIpc) is 2.54. The largest absolute Gasteiger partial charge is 0.439 e. The first-order chi connectivity index (χ1) is 10.5. The van der Waals surface area contributed by atoms with Crippen molar-refractivity contribution in [2.45, 2.75) is 13.3 Å². The Kier molecular flexibility index (Phi) is 4.44. The summed E-state index contributed by atoms with van der Waals surface area (Å²) < 4.78 is 5.43. The van der Waals surface area contributed by atoms with Gasteiger partial charge in [0.25, 0.3) is 0 Å². The number of carbonyl (C=O) groups is 1. The first-order valence-electron chi connectivity index (χ1n) is 6.41. The highest BCUT2D eigenvalue weighted by atomic mass is 16.6. The number of rotatable bonds is 5. The number of carbonyl (C=O) groups excluding carboxylic acids is 1. The molecule has 1 heterocycles. The van der Waals surface area contributed by atoms with Gasteiger partial charge in [0.15, 0.2) is 5.78 Å². The molecule has 2 rings (SSSR count). The van der Waals surface area contributed by atoms with E-state index in [0.717, 1.165) is 6.07 Å². The van der Waals surface area contributed by atoms with Gasteiger partial charge in [-0.2, -0.15) is 10.2 Å². The quantitative estimate of drug-likeness (QED) is 0.476. The number of Topliss-reactive ketones (excluding diaryl/α,β-unsaturated/α-hetero) is 1. The van der Waals surface area contributed by atoms with Crippen LogP contribution in [0.25, 0.3) is 0 Å². The van der Waals surface area contributed by atoms with Gasteiger partial charge in [0.1, 0.15) is 11.8 Å². The number of pyridine rings is 1. The van der Waals surface area contributed by atoms with Crippen LogP contribution < -0.4 is 4.74 Å². The molecular weight excluding hydrogens is 286 g/mol. The van der Waals surface area contributed by atoms with Crippen LogP contribution in [-0.2, 0) is 0 Å². The molecule has 0 amide bonds. The van der Waals surface area contributed by atoms with Gasteiger partial charge in [-0.15, -0.1) is 0 Å². The van der Waals surface area contributed by atoms with Gasteiger partial charge in [-0.3, -0.25) is 14.9 Å². The molecule has 2 aromatic rings. The second-order valence-electron chi connectivity index (χ2n) is 4.29. The van der Waals surface area contributed by atoms with Crippen molar-refractivity contribution in [3.8, 4) is 17.7 Å². The van der Waals surface area contributed by atoms with Crippen molar-refractivity contribution in [3.05, 3.63) is 57.8 Å². The molecule has 0 unspecified atom stereocenters. The van der Waals surface area contributed by atoms with Crippen LogP contribution in [0.3, 0.4) is 0 Å². The molecule has 0 aliphatic heterocycles. The summed E-state index contributed by atoms with van der Waals surface area (Å²) >= 11 is 0. The maximum absolute atomic E-state index is 11.5. The topological polar surface area (TPSA) is 106 Å². The van der Waals surface area contributed by atoms with Crippen molar-refractivity contribution in [1.29, 1.82) is 5.26 Å². The summed E-state index contributed by atoms with van der Waals surface area (Å²) in [6.45, 7) is 1.77. The van der Waals surface area contributed by atoms with Crippen LogP contribution in [0.1, 0.15) is 29.4 Å². The summed E-state index contributed by atoms with van der Waals surface area (Å²) in [6, 6.07) is 10.6. The first kappa shape index (κ1) is 15.1. The molecule has 0 N–H and O–H groups in total. The molecule has 0 fully saturated rings. The number of nitrogens with zero attached hydrogens (tertiary/aromatic N) is 3. The molecule has 7 nitrogen and oxygen atoms in total. The van der Waals surface area contributed by atoms with Gasteiger partial charge in [0.2, 0.25) is 11.6 Å². The molecule has 1 aromatic carbocycles. The summed E-state index contributed by atoms with van der Waals surface area (Å²) in [7, 11) is 0. The number of hydrogen-bond acceptors (Lipinski definition) is 6.